The van der Waals surface area contributed by atoms with E-state index in [0.717, 1.165) is 16.9 Å². The smallest absolute Gasteiger partial charge is 0.249 e. The minimum atomic E-state index is 0.422. The lowest BCUT2D eigenvalue weighted by Crippen LogP contribution is -2.04. The van der Waals surface area contributed by atoms with E-state index in [2.05, 4.69) is 83.8 Å². The van der Waals surface area contributed by atoms with Crippen LogP contribution in [0.25, 0.3) is 0 Å². The zero-order chi connectivity index (χ0) is 17.8. The summed E-state index contributed by atoms with van der Waals surface area (Å²) in [7, 11) is 0. The van der Waals surface area contributed by atoms with E-state index in [1.165, 1.54) is 11.1 Å². The summed E-state index contributed by atoms with van der Waals surface area (Å²) < 4.78 is 0. The molecule has 0 bridgehead atoms. The number of benzene rings is 2. The summed E-state index contributed by atoms with van der Waals surface area (Å²) >= 11 is 0. The Morgan fingerprint density at radius 1 is 0.920 bits per heavy atom. The van der Waals surface area contributed by atoms with Gasteiger partial charge >= 0.3 is 0 Å². The number of para-hydroxylation sites is 1. The summed E-state index contributed by atoms with van der Waals surface area (Å²) in [5, 5.41) is 14.8. The van der Waals surface area contributed by atoms with Crippen molar-refractivity contribution in [2.75, 3.05) is 10.6 Å². The molecule has 0 aliphatic carbocycles. The number of aromatic nitrogens is 3. The number of hydrogen-bond acceptors (Lipinski definition) is 5. The molecule has 3 rings (SSSR count). The van der Waals surface area contributed by atoms with Crippen LogP contribution < -0.4 is 10.6 Å². The Hall–Kier alpha value is -2.95. The molecule has 1 aromatic heterocycles. The molecule has 0 unspecified atom stereocenters. The normalized spacial score (nSPS) is 10.8. The molecule has 0 amide bonds. The molecule has 3 aromatic rings. The van der Waals surface area contributed by atoms with E-state index in [1.54, 1.807) is 6.20 Å². The van der Waals surface area contributed by atoms with Gasteiger partial charge in [-0.15, -0.1) is 5.10 Å². The van der Waals surface area contributed by atoms with Gasteiger partial charge in [0, 0.05) is 11.4 Å². The highest BCUT2D eigenvalue weighted by Gasteiger charge is 2.08. The molecule has 0 saturated heterocycles. The highest BCUT2D eigenvalue weighted by Crippen LogP contribution is 2.26. The Balaban J connectivity index is 1.84. The van der Waals surface area contributed by atoms with Crippen molar-refractivity contribution in [1.29, 1.82) is 0 Å². The van der Waals surface area contributed by atoms with Crippen LogP contribution in [-0.4, -0.2) is 15.2 Å². The number of hydrogen-bond donors (Lipinski definition) is 2. The first kappa shape index (κ1) is 16.9. The standard InChI is InChI=1S/C20H23N5/c1-13(2)16-7-5-6-8-17(16)22-19-12-21-25-20(24-19)23-18-11-14(3)9-10-15(18)4/h5-13H,1-4H3,(H2,22,23,24,25). The van der Waals surface area contributed by atoms with Crippen molar-refractivity contribution in [3.8, 4) is 0 Å². The molecule has 25 heavy (non-hydrogen) atoms. The lowest BCUT2D eigenvalue weighted by Gasteiger charge is -2.14. The van der Waals surface area contributed by atoms with Gasteiger partial charge in [-0.25, -0.2) is 0 Å². The molecule has 0 fully saturated rings. The Morgan fingerprint density at radius 2 is 1.72 bits per heavy atom. The molecule has 0 spiro atoms. The molecule has 2 N–H and O–H groups in total. The van der Waals surface area contributed by atoms with Crippen molar-refractivity contribution in [3.05, 3.63) is 65.4 Å². The van der Waals surface area contributed by atoms with Crippen LogP contribution in [-0.2, 0) is 0 Å². The van der Waals surface area contributed by atoms with E-state index in [9.17, 15) is 0 Å². The zero-order valence-electron chi connectivity index (χ0n) is 15.0. The zero-order valence-corrected chi connectivity index (χ0v) is 15.0. The van der Waals surface area contributed by atoms with Crippen molar-refractivity contribution in [2.24, 2.45) is 0 Å². The Kier molecular flexibility index (Phi) is 4.93. The SMILES string of the molecule is Cc1ccc(C)c(Nc2nncc(Nc3ccccc3C(C)C)n2)c1. The van der Waals surface area contributed by atoms with Crippen LogP contribution in [0.4, 0.5) is 23.1 Å². The summed E-state index contributed by atoms with van der Waals surface area (Å²) in [6.45, 7) is 8.46. The molecule has 0 atom stereocenters. The maximum absolute atomic E-state index is 4.54. The van der Waals surface area contributed by atoms with E-state index < -0.39 is 0 Å². The van der Waals surface area contributed by atoms with Gasteiger partial charge in [0.1, 0.15) is 0 Å². The van der Waals surface area contributed by atoms with Crippen LogP contribution in [0.2, 0.25) is 0 Å². The van der Waals surface area contributed by atoms with E-state index in [4.69, 9.17) is 0 Å². The van der Waals surface area contributed by atoms with Gasteiger partial charge in [0.25, 0.3) is 0 Å². The van der Waals surface area contributed by atoms with Gasteiger partial charge in [-0.2, -0.15) is 10.1 Å². The lowest BCUT2D eigenvalue weighted by molar-refractivity contribution is 0.868. The van der Waals surface area contributed by atoms with E-state index in [1.807, 2.05) is 12.1 Å². The maximum Gasteiger partial charge on any atom is 0.249 e. The second-order valence-corrected chi connectivity index (χ2v) is 6.48. The van der Waals surface area contributed by atoms with Gasteiger partial charge in [-0.05, 0) is 48.6 Å². The second kappa shape index (κ2) is 7.30. The first-order valence-electron chi connectivity index (χ1n) is 8.43. The number of rotatable bonds is 5. The molecule has 2 aromatic carbocycles. The molecule has 0 aliphatic rings. The van der Waals surface area contributed by atoms with Crippen molar-refractivity contribution < 1.29 is 0 Å². The molecule has 0 saturated carbocycles. The molecule has 128 valence electrons. The lowest BCUT2D eigenvalue weighted by atomic mass is 10.0. The van der Waals surface area contributed by atoms with Gasteiger partial charge in [0.05, 0.1) is 6.20 Å². The van der Waals surface area contributed by atoms with Gasteiger partial charge in [-0.3, -0.25) is 0 Å². The van der Waals surface area contributed by atoms with E-state index >= 15 is 0 Å². The van der Waals surface area contributed by atoms with Gasteiger partial charge in [-0.1, -0.05) is 44.2 Å². The number of anilines is 4. The van der Waals surface area contributed by atoms with Crippen molar-refractivity contribution in [1.82, 2.24) is 15.2 Å². The highest BCUT2D eigenvalue weighted by molar-refractivity contribution is 5.63. The molecule has 1 heterocycles. The first-order valence-corrected chi connectivity index (χ1v) is 8.43. The first-order chi connectivity index (χ1) is 12.0. The average Bonchev–Trinajstić information content (AvgIpc) is 2.59. The van der Waals surface area contributed by atoms with Crippen LogP contribution in [0.5, 0.6) is 0 Å². The third-order valence-corrected chi connectivity index (χ3v) is 4.04. The third kappa shape index (κ3) is 4.12. The summed E-state index contributed by atoms with van der Waals surface area (Å²) in [5.74, 6) is 1.56. The highest BCUT2D eigenvalue weighted by atomic mass is 15.3. The minimum absolute atomic E-state index is 0.422. The number of nitrogens with zero attached hydrogens (tertiary/aromatic N) is 3. The molecule has 0 aliphatic heterocycles. The van der Waals surface area contributed by atoms with Gasteiger partial charge < -0.3 is 10.6 Å². The van der Waals surface area contributed by atoms with Crippen LogP contribution in [0, 0.1) is 13.8 Å². The van der Waals surface area contributed by atoms with Gasteiger partial charge in [0.15, 0.2) is 5.82 Å². The molecule has 5 heteroatoms. The largest absolute Gasteiger partial charge is 0.339 e. The van der Waals surface area contributed by atoms with Crippen LogP contribution in [0.15, 0.2) is 48.7 Å². The summed E-state index contributed by atoms with van der Waals surface area (Å²) in [6.07, 6.45) is 1.63. The van der Waals surface area contributed by atoms with Crippen LogP contribution in [0.3, 0.4) is 0 Å². The number of aryl methyl sites for hydroxylation is 2. The molecule has 0 radical (unpaired) electrons. The summed E-state index contributed by atoms with van der Waals surface area (Å²) in [5.41, 5.74) is 5.58. The monoisotopic (exact) mass is 333 g/mol. The maximum atomic E-state index is 4.54. The molecular formula is C20H23N5. The molecular weight excluding hydrogens is 310 g/mol. The Morgan fingerprint density at radius 3 is 2.52 bits per heavy atom. The Bertz CT molecular complexity index is 873. The predicted molar refractivity (Wildman–Crippen MR) is 103 cm³/mol. The average molecular weight is 333 g/mol. The fraction of sp³-hybridized carbons (Fsp3) is 0.250. The summed E-state index contributed by atoms with van der Waals surface area (Å²) in [4.78, 5) is 4.54. The fourth-order valence-corrected chi connectivity index (χ4v) is 2.66. The second-order valence-electron chi connectivity index (χ2n) is 6.48. The predicted octanol–water partition coefficient (Wildman–Crippen LogP) is 5.10. The van der Waals surface area contributed by atoms with E-state index in [-0.39, 0.29) is 0 Å². The third-order valence-electron chi connectivity index (χ3n) is 4.04. The minimum Gasteiger partial charge on any atom is -0.339 e. The van der Waals surface area contributed by atoms with Crippen molar-refractivity contribution in [2.45, 2.75) is 33.6 Å². The van der Waals surface area contributed by atoms with Crippen LogP contribution in [0.1, 0.15) is 36.5 Å². The fourth-order valence-electron chi connectivity index (χ4n) is 2.66. The quantitative estimate of drug-likeness (QED) is 0.680. The summed E-state index contributed by atoms with van der Waals surface area (Å²) in [6, 6.07) is 14.5. The van der Waals surface area contributed by atoms with Gasteiger partial charge in [0.2, 0.25) is 5.95 Å². The number of nitrogens with one attached hydrogen (secondary N) is 2. The van der Waals surface area contributed by atoms with Crippen molar-refractivity contribution in [3.63, 3.8) is 0 Å². The topological polar surface area (TPSA) is 62.7 Å². The molecule has 5 nitrogen and oxygen atoms in total. The van der Waals surface area contributed by atoms with Crippen molar-refractivity contribution >= 4 is 23.1 Å². The van der Waals surface area contributed by atoms with E-state index in [0.29, 0.717) is 17.7 Å². The van der Waals surface area contributed by atoms with Crippen LogP contribution >= 0.6 is 0 Å². The Labute approximate surface area is 148 Å².